The number of carbonyl (C=O) groups excluding carboxylic acids is 1. The number of carbonyl (C=O) groups is 1. The van der Waals surface area contributed by atoms with Crippen molar-refractivity contribution in [1.29, 1.82) is 0 Å². The zero-order valence-corrected chi connectivity index (χ0v) is 15.1. The fraction of sp³-hybridized carbons (Fsp3) is 0.950. The highest BCUT2D eigenvalue weighted by Gasteiger charge is 2.04. The van der Waals surface area contributed by atoms with Crippen LogP contribution in [0.5, 0.6) is 0 Å². The second-order valence-corrected chi connectivity index (χ2v) is 7.13. The Morgan fingerprint density at radius 3 is 1.43 bits per heavy atom. The first-order chi connectivity index (χ1) is 10.2. The second-order valence-electron chi connectivity index (χ2n) is 7.13. The lowest BCUT2D eigenvalue weighted by molar-refractivity contribution is -0.119. The second kappa shape index (κ2) is 16.0. The van der Waals surface area contributed by atoms with Crippen molar-refractivity contribution in [3.05, 3.63) is 0 Å². The lowest BCUT2D eigenvalue weighted by atomic mass is 10.0. The topological polar surface area (TPSA) is 17.1 Å². The lowest BCUT2D eigenvalue weighted by Gasteiger charge is -2.04. The molecule has 0 aromatic heterocycles. The van der Waals surface area contributed by atoms with Crippen LogP contribution in [0.1, 0.15) is 117 Å². The predicted octanol–water partition coefficient (Wildman–Crippen LogP) is 7.08. The van der Waals surface area contributed by atoms with Crippen LogP contribution in [0.2, 0.25) is 0 Å². The summed E-state index contributed by atoms with van der Waals surface area (Å²) in [5.74, 6) is 0.993. The minimum absolute atomic E-state index is 0.466. The van der Waals surface area contributed by atoms with Gasteiger partial charge in [0.1, 0.15) is 5.78 Å². The van der Waals surface area contributed by atoms with E-state index in [1.807, 2.05) is 0 Å². The van der Waals surface area contributed by atoms with Crippen LogP contribution < -0.4 is 0 Å². The van der Waals surface area contributed by atoms with Crippen molar-refractivity contribution in [2.24, 2.45) is 5.92 Å². The van der Waals surface area contributed by atoms with E-state index in [1.165, 1.54) is 77.0 Å². The molecule has 0 saturated carbocycles. The van der Waals surface area contributed by atoms with Crippen molar-refractivity contribution in [1.82, 2.24) is 0 Å². The third-order valence-electron chi connectivity index (χ3n) is 4.20. The van der Waals surface area contributed by atoms with Gasteiger partial charge in [-0.15, -0.1) is 0 Å². The number of unbranched alkanes of at least 4 members (excludes halogenated alkanes) is 12. The van der Waals surface area contributed by atoms with Crippen molar-refractivity contribution in [3.63, 3.8) is 0 Å². The standard InChI is InChI=1S/C20H40O/c1-4-5-6-7-8-9-10-11-12-13-14-15-16-17-20(21)18-19(2)3/h19H,4-18H2,1-3H3. The quantitative estimate of drug-likeness (QED) is 0.278. The van der Waals surface area contributed by atoms with E-state index in [4.69, 9.17) is 0 Å². The van der Waals surface area contributed by atoms with E-state index >= 15 is 0 Å². The van der Waals surface area contributed by atoms with Crippen LogP contribution in [0.3, 0.4) is 0 Å². The first-order valence-electron chi connectivity index (χ1n) is 9.68. The molecule has 0 N–H and O–H groups in total. The number of hydrogen-bond donors (Lipinski definition) is 0. The molecule has 0 aromatic carbocycles. The minimum atomic E-state index is 0.466. The maximum absolute atomic E-state index is 11.6. The molecule has 21 heavy (non-hydrogen) atoms. The predicted molar refractivity (Wildman–Crippen MR) is 94.8 cm³/mol. The highest BCUT2D eigenvalue weighted by atomic mass is 16.1. The molecule has 0 heterocycles. The number of ketones is 1. The van der Waals surface area contributed by atoms with Gasteiger partial charge in [0.15, 0.2) is 0 Å². The van der Waals surface area contributed by atoms with Crippen LogP contribution in [0, 0.1) is 5.92 Å². The largest absolute Gasteiger partial charge is 0.300 e. The number of Topliss-reactive ketones (excluding diaryl/α,β-unsaturated/α-hetero) is 1. The molecule has 0 amide bonds. The van der Waals surface area contributed by atoms with E-state index in [0.717, 1.165) is 19.3 Å². The van der Waals surface area contributed by atoms with E-state index in [2.05, 4.69) is 20.8 Å². The van der Waals surface area contributed by atoms with Crippen LogP contribution in [0.15, 0.2) is 0 Å². The summed E-state index contributed by atoms with van der Waals surface area (Å²) in [4.78, 5) is 11.6. The fourth-order valence-corrected chi connectivity index (χ4v) is 2.90. The first-order valence-corrected chi connectivity index (χ1v) is 9.68. The van der Waals surface area contributed by atoms with Crippen molar-refractivity contribution in [2.75, 3.05) is 0 Å². The summed E-state index contributed by atoms with van der Waals surface area (Å²) in [6.45, 7) is 6.53. The van der Waals surface area contributed by atoms with Gasteiger partial charge in [0.05, 0.1) is 0 Å². The van der Waals surface area contributed by atoms with Gasteiger partial charge < -0.3 is 0 Å². The van der Waals surface area contributed by atoms with Crippen molar-refractivity contribution in [3.8, 4) is 0 Å². The SMILES string of the molecule is CCCCCCCCCCCCCCCC(=O)CC(C)C. The van der Waals surface area contributed by atoms with Gasteiger partial charge in [-0.25, -0.2) is 0 Å². The van der Waals surface area contributed by atoms with Gasteiger partial charge in [-0.1, -0.05) is 97.8 Å². The molecule has 0 aliphatic heterocycles. The Kier molecular flexibility index (Phi) is 15.8. The van der Waals surface area contributed by atoms with Gasteiger partial charge in [0.2, 0.25) is 0 Å². The van der Waals surface area contributed by atoms with Gasteiger partial charge in [-0.2, -0.15) is 0 Å². The summed E-state index contributed by atoms with van der Waals surface area (Å²) in [6.07, 6.45) is 19.4. The average molecular weight is 297 g/mol. The molecule has 0 fully saturated rings. The number of rotatable bonds is 16. The van der Waals surface area contributed by atoms with E-state index in [-0.39, 0.29) is 0 Å². The summed E-state index contributed by atoms with van der Waals surface area (Å²) in [7, 11) is 0. The minimum Gasteiger partial charge on any atom is -0.300 e. The van der Waals surface area contributed by atoms with E-state index in [9.17, 15) is 4.79 Å². The van der Waals surface area contributed by atoms with Gasteiger partial charge in [0, 0.05) is 12.8 Å². The van der Waals surface area contributed by atoms with Gasteiger partial charge in [0.25, 0.3) is 0 Å². The first kappa shape index (κ1) is 20.7. The van der Waals surface area contributed by atoms with Crippen LogP contribution in [0.25, 0.3) is 0 Å². The smallest absolute Gasteiger partial charge is 0.133 e. The molecule has 0 radical (unpaired) electrons. The summed E-state index contributed by atoms with van der Waals surface area (Å²) < 4.78 is 0. The third-order valence-corrected chi connectivity index (χ3v) is 4.20. The average Bonchev–Trinajstić information content (AvgIpc) is 2.43. The zero-order chi connectivity index (χ0) is 15.8. The normalized spacial score (nSPS) is 11.2. The Morgan fingerprint density at radius 1 is 0.667 bits per heavy atom. The molecule has 126 valence electrons. The molecule has 0 aliphatic carbocycles. The third kappa shape index (κ3) is 17.6. The van der Waals surface area contributed by atoms with Gasteiger partial charge >= 0.3 is 0 Å². The number of hydrogen-bond acceptors (Lipinski definition) is 1. The summed E-state index contributed by atoms with van der Waals surface area (Å²) in [5, 5.41) is 0. The Balaban J connectivity index is 3.07. The van der Waals surface area contributed by atoms with Crippen molar-refractivity contribution in [2.45, 2.75) is 117 Å². The molecule has 0 saturated heterocycles. The molecule has 1 nitrogen and oxygen atoms in total. The molecule has 0 aromatic rings. The van der Waals surface area contributed by atoms with Crippen LogP contribution in [-0.4, -0.2) is 5.78 Å². The molecule has 0 bridgehead atoms. The molecule has 0 rings (SSSR count). The van der Waals surface area contributed by atoms with E-state index in [1.54, 1.807) is 0 Å². The Bertz CT molecular complexity index is 220. The lowest BCUT2D eigenvalue weighted by Crippen LogP contribution is -2.02. The summed E-state index contributed by atoms with van der Waals surface area (Å²) in [6, 6.07) is 0. The molecule has 0 aliphatic rings. The molecule has 0 spiro atoms. The molecule has 0 unspecified atom stereocenters. The zero-order valence-electron chi connectivity index (χ0n) is 15.1. The van der Waals surface area contributed by atoms with Gasteiger partial charge in [-0.05, 0) is 12.3 Å². The van der Waals surface area contributed by atoms with Crippen LogP contribution in [-0.2, 0) is 4.79 Å². The Hall–Kier alpha value is -0.330. The van der Waals surface area contributed by atoms with Crippen LogP contribution in [0.4, 0.5) is 0 Å². The van der Waals surface area contributed by atoms with E-state index in [0.29, 0.717) is 11.7 Å². The molecule has 1 heteroatoms. The fourth-order valence-electron chi connectivity index (χ4n) is 2.90. The maximum Gasteiger partial charge on any atom is 0.133 e. The van der Waals surface area contributed by atoms with Crippen LogP contribution >= 0.6 is 0 Å². The Morgan fingerprint density at radius 2 is 1.05 bits per heavy atom. The molecular formula is C20H40O. The summed E-state index contributed by atoms with van der Waals surface area (Å²) in [5.41, 5.74) is 0. The maximum atomic E-state index is 11.6. The molecule has 0 atom stereocenters. The summed E-state index contributed by atoms with van der Waals surface area (Å²) >= 11 is 0. The molecular weight excluding hydrogens is 256 g/mol. The van der Waals surface area contributed by atoms with Gasteiger partial charge in [-0.3, -0.25) is 4.79 Å². The van der Waals surface area contributed by atoms with Crippen molar-refractivity contribution >= 4 is 5.78 Å². The Labute approximate surface area is 134 Å². The highest BCUT2D eigenvalue weighted by Crippen LogP contribution is 2.13. The monoisotopic (exact) mass is 296 g/mol. The highest BCUT2D eigenvalue weighted by molar-refractivity contribution is 5.78. The van der Waals surface area contributed by atoms with E-state index < -0.39 is 0 Å². The van der Waals surface area contributed by atoms with Crippen molar-refractivity contribution < 1.29 is 4.79 Å².